The fourth-order valence-corrected chi connectivity index (χ4v) is 2.69. The molecule has 76 valence electrons. The van der Waals surface area contributed by atoms with Crippen molar-refractivity contribution in [1.29, 1.82) is 0 Å². The molecule has 2 rings (SSSR count). The first-order valence-electron chi connectivity index (χ1n) is 4.76. The molecule has 1 aromatic rings. The van der Waals surface area contributed by atoms with Crippen molar-refractivity contribution in [1.82, 2.24) is 5.32 Å². The first-order valence-corrected chi connectivity index (χ1v) is 5.64. The molecule has 0 aromatic carbocycles. The first-order chi connectivity index (χ1) is 6.77. The van der Waals surface area contributed by atoms with Crippen LogP contribution in [0.4, 0.5) is 0 Å². The molecule has 0 bridgehead atoms. The van der Waals surface area contributed by atoms with Gasteiger partial charge >= 0.3 is 5.97 Å². The van der Waals surface area contributed by atoms with Crippen LogP contribution in [0, 0.1) is 5.92 Å². The predicted octanol–water partition coefficient (Wildman–Crippen LogP) is 1.35. The van der Waals surface area contributed by atoms with E-state index in [-0.39, 0.29) is 12.0 Å². The molecule has 0 amide bonds. The van der Waals surface area contributed by atoms with Gasteiger partial charge < -0.3 is 10.4 Å². The SMILES string of the molecule is O=C(O)C1CCNC1Cc1cccs1. The molecule has 0 radical (unpaired) electrons. The van der Waals surface area contributed by atoms with Crippen molar-refractivity contribution in [3.05, 3.63) is 22.4 Å². The van der Waals surface area contributed by atoms with E-state index in [1.165, 1.54) is 4.88 Å². The van der Waals surface area contributed by atoms with Gasteiger partial charge in [-0.3, -0.25) is 4.79 Å². The maximum absolute atomic E-state index is 10.9. The number of nitrogens with one attached hydrogen (secondary N) is 1. The summed E-state index contributed by atoms with van der Waals surface area (Å²) in [5.74, 6) is -0.881. The molecule has 0 aliphatic carbocycles. The van der Waals surface area contributed by atoms with Crippen LogP contribution in [0.1, 0.15) is 11.3 Å². The van der Waals surface area contributed by atoms with Gasteiger partial charge in [-0.05, 0) is 30.8 Å². The Bertz CT molecular complexity index is 310. The largest absolute Gasteiger partial charge is 0.481 e. The second-order valence-electron chi connectivity index (χ2n) is 3.58. The van der Waals surface area contributed by atoms with E-state index in [9.17, 15) is 4.79 Å². The van der Waals surface area contributed by atoms with Crippen LogP contribution < -0.4 is 5.32 Å². The second-order valence-corrected chi connectivity index (χ2v) is 4.61. The van der Waals surface area contributed by atoms with Gasteiger partial charge in [0.1, 0.15) is 0 Å². The molecular formula is C10H13NO2S. The minimum Gasteiger partial charge on any atom is -0.481 e. The fourth-order valence-electron chi connectivity index (χ4n) is 1.92. The highest BCUT2D eigenvalue weighted by atomic mass is 32.1. The van der Waals surface area contributed by atoms with Gasteiger partial charge in [-0.15, -0.1) is 11.3 Å². The summed E-state index contributed by atoms with van der Waals surface area (Å²) in [5, 5.41) is 14.3. The van der Waals surface area contributed by atoms with E-state index in [0.717, 1.165) is 19.4 Å². The van der Waals surface area contributed by atoms with Crippen molar-refractivity contribution in [2.45, 2.75) is 18.9 Å². The summed E-state index contributed by atoms with van der Waals surface area (Å²) in [4.78, 5) is 12.2. The lowest BCUT2D eigenvalue weighted by Crippen LogP contribution is -2.33. The van der Waals surface area contributed by atoms with Crippen molar-refractivity contribution in [3.8, 4) is 0 Å². The fraction of sp³-hybridized carbons (Fsp3) is 0.500. The number of rotatable bonds is 3. The summed E-state index contributed by atoms with van der Waals surface area (Å²) >= 11 is 1.69. The molecule has 2 unspecified atom stereocenters. The van der Waals surface area contributed by atoms with E-state index in [0.29, 0.717) is 0 Å². The van der Waals surface area contributed by atoms with Gasteiger partial charge in [0.15, 0.2) is 0 Å². The summed E-state index contributed by atoms with van der Waals surface area (Å²) in [6.07, 6.45) is 1.60. The van der Waals surface area contributed by atoms with Crippen LogP contribution in [0.25, 0.3) is 0 Å². The van der Waals surface area contributed by atoms with Crippen molar-refractivity contribution < 1.29 is 9.90 Å². The van der Waals surface area contributed by atoms with Gasteiger partial charge in [0.25, 0.3) is 0 Å². The molecule has 1 aromatic heterocycles. The Morgan fingerprint density at radius 1 is 1.71 bits per heavy atom. The molecule has 1 fully saturated rings. The molecule has 1 saturated heterocycles. The summed E-state index contributed by atoms with van der Waals surface area (Å²) in [6, 6.07) is 4.18. The Morgan fingerprint density at radius 3 is 3.21 bits per heavy atom. The lowest BCUT2D eigenvalue weighted by atomic mass is 9.98. The summed E-state index contributed by atoms with van der Waals surface area (Å²) in [5.41, 5.74) is 0. The van der Waals surface area contributed by atoms with Crippen LogP contribution >= 0.6 is 11.3 Å². The monoisotopic (exact) mass is 211 g/mol. The standard InChI is InChI=1S/C10H13NO2S/c12-10(13)8-3-4-11-9(8)6-7-2-1-5-14-7/h1-2,5,8-9,11H,3-4,6H2,(H,12,13). The second kappa shape index (κ2) is 4.11. The molecule has 0 saturated carbocycles. The molecule has 1 aliphatic heterocycles. The number of carbonyl (C=O) groups is 1. The lowest BCUT2D eigenvalue weighted by molar-refractivity contribution is -0.141. The zero-order valence-electron chi connectivity index (χ0n) is 7.77. The Morgan fingerprint density at radius 2 is 2.57 bits per heavy atom. The van der Waals surface area contributed by atoms with E-state index < -0.39 is 5.97 Å². The van der Waals surface area contributed by atoms with Crippen molar-refractivity contribution in [3.63, 3.8) is 0 Å². The van der Waals surface area contributed by atoms with Crippen LogP contribution in [0.2, 0.25) is 0 Å². The van der Waals surface area contributed by atoms with E-state index in [1.54, 1.807) is 11.3 Å². The van der Waals surface area contributed by atoms with Gasteiger partial charge in [-0.25, -0.2) is 0 Å². The minimum atomic E-state index is -0.670. The highest BCUT2D eigenvalue weighted by molar-refractivity contribution is 7.09. The van der Waals surface area contributed by atoms with Gasteiger partial charge in [0.05, 0.1) is 5.92 Å². The smallest absolute Gasteiger partial charge is 0.308 e. The summed E-state index contributed by atoms with van der Waals surface area (Å²) < 4.78 is 0. The molecule has 4 heteroatoms. The van der Waals surface area contributed by atoms with E-state index in [2.05, 4.69) is 11.4 Å². The minimum absolute atomic E-state index is 0.117. The number of aliphatic carboxylic acids is 1. The quantitative estimate of drug-likeness (QED) is 0.793. The highest BCUT2D eigenvalue weighted by Gasteiger charge is 2.32. The number of thiophene rings is 1. The average Bonchev–Trinajstić information content (AvgIpc) is 2.75. The van der Waals surface area contributed by atoms with Crippen LogP contribution in [0.3, 0.4) is 0 Å². The van der Waals surface area contributed by atoms with E-state index >= 15 is 0 Å². The Labute approximate surface area is 86.8 Å². The number of hydrogen-bond acceptors (Lipinski definition) is 3. The van der Waals surface area contributed by atoms with Crippen LogP contribution in [-0.4, -0.2) is 23.7 Å². The molecule has 3 nitrogen and oxygen atoms in total. The summed E-state index contributed by atoms with van der Waals surface area (Å²) in [6.45, 7) is 0.826. The zero-order chi connectivity index (χ0) is 9.97. The molecule has 14 heavy (non-hydrogen) atoms. The number of carboxylic acids is 1. The number of carboxylic acid groups (broad SMARTS) is 1. The molecular weight excluding hydrogens is 198 g/mol. The van der Waals surface area contributed by atoms with Crippen LogP contribution in [0.15, 0.2) is 17.5 Å². The predicted molar refractivity (Wildman–Crippen MR) is 55.6 cm³/mol. The van der Waals surface area contributed by atoms with Crippen molar-refractivity contribution >= 4 is 17.3 Å². The van der Waals surface area contributed by atoms with Crippen molar-refractivity contribution in [2.24, 2.45) is 5.92 Å². The van der Waals surface area contributed by atoms with Crippen LogP contribution in [-0.2, 0) is 11.2 Å². The van der Waals surface area contributed by atoms with Gasteiger partial charge in [-0.2, -0.15) is 0 Å². The Hall–Kier alpha value is -0.870. The van der Waals surface area contributed by atoms with Gasteiger partial charge in [0, 0.05) is 10.9 Å². The third-order valence-electron chi connectivity index (χ3n) is 2.67. The van der Waals surface area contributed by atoms with E-state index in [1.807, 2.05) is 11.4 Å². The van der Waals surface area contributed by atoms with Gasteiger partial charge in [-0.1, -0.05) is 6.07 Å². The molecule has 2 heterocycles. The Kier molecular flexibility index (Phi) is 2.84. The Balaban J connectivity index is 2.00. The zero-order valence-corrected chi connectivity index (χ0v) is 8.59. The maximum Gasteiger partial charge on any atom is 0.308 e. The normalized spacial score (nSPS) is 26.6. The highest BCUT2D eigenvalue weighted by Crippen LogP contribution is 2.21. The topological polar surface area (TPSA) is 49.3 Å². The molecule has 2 atom stereocenters. The average molecular weight is 211 g/mol. The molecule has 0 spiro atoms. The first kappa shape index (κ1) is 9.68. The maximum atomic E-state index is 10.9. The third-order valence-corrected chi connectivity index (χ3v) is 3.56. The lowest BCUT2D eigenvalue weighted by Gasteiger charge is -2.14. The molecule has 2 N–H and O–H groups in total. The van der Waals surface area contributed by atoms with E-state index in [4.69, 9.17) is 5.11 Å². The number of hydrogen-bond donors (Lipinski definition) is 2. The van der Waals surface area contributed by atoms with Crippen LogP contribution in [0.5, 0.6) is 0 Å². The van der Waals surface area contributed by atoms with Gasteiger partial charge in [0.2, 0.25) is 0 Å². The van der Waals surface area contributed by atoms with Crippen molar-refractivity contribution in [2.75, 3.05) is 6.54 Å². The third kappa shape index (κ3) is 1.96. The summed E-state index contributed by atoms with van der Waals surface area (Å²) in [7, 11) is 0. The molecule has 1 aliphatic rings.